The third-order valence-electron chi connectivity index (χ3n) is 3.89. The Morgan fingerprint density at radius 1 is 1.09 bits per heavy atom. The van der Waals surface area contributed by atoms with Gasteiger partial charge in [-0.1, -0.05) is 12.1 Å². The average Bonchev–Trinajstić information content (AvgIpc) is 2.58. The van der Waals surface area contributed by atoms with E-state index < -0.39 is 0 Å². The standard InChI is InChI=1S/C17H18IN3O/c18-16-5-3-14(4-6-16)13-20-8-10-21(11-9-20)17(22)15-2-1-7-19-12-15/h1-7,12H,8-11,13H2/i18-4. The van der Waals surface area contributed by atoms with E-state index in [1.165, 1.54) is 9.13 Å². The molecule has 0 bridgehead atoms. The number of amides is 1. The normalized spacial score (nSPS) is 15.8. The number of piperazine rings is 1. The number of pyridine rings is 1. The van der Waals surface area contributed by atoms with Crippen molar-refractivity contribution >= 4 is 28.5 Å². The van der Waals surface area contributed by atoms with Gasteiger partial charge in [-0.15, -0.1) is 0 Å². The van der Waals surface area contributed by atoms with E-state index in [4.69, 9.17) is 0 Å². The first-order chi connectivity index (χ1) is 10.7. The number of nitrogens with zero attached hydrogens (tertiary/aromatic N) is 3. The zero-order valence-corrected chi connectivity index (χ0v) is 14.4. The predicted molar refractivity (Wildman–Crippen MR) is 94.6 cm³/mol. The first-order valence-corrected chi connectivity index (χ1v) is 8.46. The van der Waals surface area contributed by atoms with E-state index in [0.29, 0.717) is 5.56 Å². The molecule has 0 saturated carbocycles. The molecule has 1 aliphatic heterocycles. The molecule has 5 heteroatoms. The summed E-state index contributed by atoms with van der Waals surface area (Å²) >= 11 is 2.32. The van der Waals surface area contributed by atoms with Crippen molar-refractivity contribution in [2.45, 2.75) is 6.54 Å². The molecule has 1 aromatic heterocycles. The van der Waals surface area contributed by atoms with Crippen LogP contribution in [-0.2, 0) is 6.54 Å². The van der Waals surface area contributed by atoms with E-state index in [1.54, 1.807) is 18.5 Å². The van der Waals surface area contributed by atoms with Gasteiger partial charge in [-0.3, -0.25) is 14.7 Å². The van der Waals surface area contributed by atoms with E-state index in [2.05, 4.69) is 56.7 Å². The highest BCUT2D eigenvalue weighted by Gasteiger charge is 2.22. The lowest BCUT2D eigenvalue weighted by molar-refractivity contribution is 0.0628. The zero-order valence-electron chi connectivity index (χ0n) is 12.3. The first-order valence-electron chi connectivity index (χ1n) is 7.38. The zero-order chi connectivity index (χ0) is 15.4. The second-order valence-corrected chi connectivity index (χ2v) is 6.68. The van der Waals surface area contributed by atoms with Crippen LogP contribution in [0.25, 0.3) is 0 Å². The van der Waals surface area contributed by atoms with Crippen molar-refractivity contribution in [3.8, 4) is 0 Å². The highest BCUT2D eigenvalue weighted by molar-refractivity contribution is 14.1. The van der Waals surface area contributed by atoms with Gasteiger partial charge in [0.05, 0.1) is 5.56 Å². The Balaban J connectivity index is 1.54. The maximum Gasteiger partial charge on any atom is 0.255 e. The number of carbonyl (C=O) groups excluding carboxylic acids is 1. The molecule has 2 aromatic rings. The summed E-state index contributed by atoms with van der Waals surface area (Å²) < 4.78 is 1.26. The molecular formula is C17H18IN3O. The minimum atomic E-state index is 0.0852. The van der Waals surface area contributed by atoms with Crippen LogP contribution in [0.2, 0.25) is 0 Å². The molecule has 0 radical (unpaired) electrons. The highest BCUT2D eigenvalue weighted by atomic mass is 123. The number of hydrogen-bond donors (Lipinski definition) is 0. The SMILES string of the molecule is O=C(c1cccnc1)N1CCN(Cc2ccc([123I])cc2)CC1. The van der Waals surface area contributed by atoms with Gasteiger partial charge in [0.25, 0.3) is 5.91 Å². The molecule has 0 unspecified atom stereocenters. The molecular weight excluding hydrogens is 385 g/mol. The molecule has 0 aliphatic carbocycles. The van der Waals surface area contributed by atoms with Crippen molar-refractivity contribution < 1.29 is 4.79 Å². The van der Waals surface area contributed by atoms with Crippen LogP contribution in [0.5, 0.6) is 0 Å². The molecule has 3 rings (SSSR count). The molecule has 1 aromatic carbocycles. The molecule has 1 saturated heterocycles. The predicted octanol–water partition coefficient (Wildman–Crippen LogP) is 2.64. The van der Waals surface area contributed by atoms with Gasteiger partial charge in [0.1, 0.15) is 0 Å². The number of halogens is 1. The van der Waals surface area contributed by atoms with Gasteiger partial charge < -0.3 is 4.90 Å². The molecule has 1 amide bonds. The Morgan fingerprint density at radius 2 is 1.82 bits per heavy atom. The molecule has 1 fully saturated rings. The molecule has 4 nitrogen and oxygen atoms in total. The third-order valence-corrected chi connectivity index (χ3v) is 4.61. The number of carbonyl (C=O) groups is 1. The summed E-state index contributed by atoms with van der Waals surface area (Å²) in [6.45, 7) is 4.33. The van der Waals surface area contributed by atoms with Gasteiger partial charge in [0.15, 0.2) is 0 Å². The summed E-state index contributed by atoms with van der Waals surface area (Å²) in [6.07, 6.45) is 3.33. The van der Waals surface area contributed by atoms with Crippen LogP contribution in [0.3, 0.4) is 0 Å². The molecule has 0 atom stereocenters. The minimum absolute atomic E-state index is 0.0852. The second-order valence-electron chi connectivity index (χ2n) is 5.44. The number of benzene rings is 1. The summed E-state index contributed by atoms with van der Waals surface area (Å²) in [5.74, 6) is 0.0852. The van der Waals surface area contributed by atoms with Crippen molar-refractivity contribution in [2.24, 2.45) is 0 Å². The van der Waals surface area contributed by atoms with Crippen LogP contribution in [0.4, 0.5) is 0 Å². The van der Waals surface area contributed by atoms with E-state index >= 15 is 0 Å². The fraction of sp³-hybridized carbons (Fsp3) is 0.294. The Hall–Kier alpha value is -1.47. The van der Waals surface area contributed by atoms with Crippen molar-refractivity contribution in [3.63, 3.8) is 0 Å². The Labute approximate surface area is 144 Å². The maximum absolute atomic E-state index is 12.4. The summed E-state index contributed by atoms with van der Waals surface area (Å²) in [4.78, 5) is 20.7. The van der Waals surface area contributed by atoms with E-state index in [0.717, 1.165) is 32.7 Å². The molecule has 22 heavy (non-hydrogen) atoms. The topological polar surface area (TPSA) is 36.4 Å². The quantitative estimate of drug-likeness (QED) is 0.740. The molecule has 114 valence electrons. The summed E-state index contributed by atoms with van der Waals surface area (Å²) in [5, 5.41) is 0. The van der Waals surface area contributed by atoms with Crippen molar-refractivity contribution in [1.29, 1.82) is 0 Å². The monoisotopic (exact) mass is 403 g/mol. The van der Waals surface area contributed by atoms with Gasteiger partial charge >= 0.3 is 0 Å². The minimum Gasteiger partial charge on any atom is -0.336 e. The van der Waals surface area contributed by atoms with Crippen LogP contribution in [0.15, 0.2) is 48.8 Å². The maximum atomic E-state index is 12.4. The Bertz CT molecular complexity index is 622. The Morgan fingerprint density at radius 3 is 2.45 bits per heavy atom. The molecule has 0 spiro atoms. The number of hydrogen-bond acceptors (Lipinski definition) is 3. The third kappa shape index (κ3) is 3.84. The van der Waals surface area contributed by atoms with Crippen molar-refractivity contribution in [2.75, 3.05) is 26.2 Å². The molecule has 2 heterocycles. The second kappa shape index (κ2) is 7.19. The number of rotatable bonds is 3. The fourth-order valence-electron chi connectivity index (χ4n) is 2.63. The van der Waals surface area contributed by atoms with Gasteiger partial charge in [-0.2, -0.15) is 0 Å². The Kier molecular flexibility index (Phi) is 5.04. The summed E-state index contributed by atoms with van der Waals surface area (Å²) in [7, 11) is 0. The van der Waals surface area contributed by atoms with E-state index in [9.17, 15) is 4.79 Å². The van der Waals surface area contributed by atoms with Gasteiger partial charge in [-0.25, -0.2) is 0 Å². The van der Waals surface area contributed by atoms with E-state index in [1.807, 2.05) is 11.0 Å². The van der Waals surface area contributed by atoms with Gasteiger partial charge in [0, 0.05) is 48.7 Å². The summed E-state index contributed by atoms with van der Waals surface area (Å²) in [5.41, 5.74) is 2.00. The van der Waals surface area contributed by atoms with Gasteiger partial charge in [0.2, 0.25) is 0 Å². The number of aromatic nitrogens is 1. The lowest BCUT2D eigenvalue weighted by atomic mass is 10.2. The van der Waals surface area contributed by atoms with Crippen molar-refractivity contribution in [1.82, 2.24) is 14.8 Å². The van der Waals surface area contributed by atoms with Crippen LogP contribution in [-0.4, -0.2) is 46.9 Å². The summed E-state index contributed by atoms with van der Waals surface area (Å²) in [6, 6.07) is 12.3. The van der Waals surface area contributed by atoms with Crippen LogP contribution in [0.1, 0.15) is 15.9 Å². The lowest BCUT2D eigenvalue weighted by Gasteiger charge is -2.34. The van der Waals surface area contributed by atoms with Gasteiger partial charge in [-0.05, 0) is 52.4 Å². The fourth-order valence-corrected chi connectivity index (χ4v) is 2.99. The smallest absolute Gasteiger partial charge is 0.255 e. The van der Waals surface area contributed by atoms with Crippen LogP contribution < -0.4 is 0 Å². The first kappa shape index (κ1) is 15.4. The van der Waals surface area contributed by atoms with Crippen LogP contribution in [0, 0.1) is 3.57 Å². The average molecular weight is 403 g/mol. The van der Waals surface area contributed by atoms with Crippen molar-refractivity contribution in [3.05, 3.63) is 63.5 Å². The lowest BCUT2D eigenvalue weighted by Crippen LogP contribution is -2.48. The molecule has 0 N–H and O–H groups in total. The highest BCUT2D eigenvalue weighted by Crippen LogP contribution is 2.12. The molecule has 1 aliphatic rings. The van der Waals surface area contributed by atoms with Crippen LogP contribution >= 0.6 is 22.6 Å². The van der Waals surface area contributed by atoms with E-state index in [-0.39, 0.29) is 5.91 Å². The largest absolute Gasteiger partial charge is 0.336 e.